The maximum Gasteiger partial charge on any atom is 0.340 e. The van der Waals surface area contributed by atoms with Crippen LogP contribution in [-0.4, -0.2) is 18.0 Å². The molecule has 0 aromatic heterocycles. The normalized spacial score (nSPS) is 11.7. The topological polar surface area (TPSA) is 55.4 Å². The summed E-state index contributed by atoms with van der Waals surface area (Å²) in [5, 5.41) is 3.65. The van der Waals surface area contributed by atoms with Gasteiger partial charge in [-0.25, -0.2) is 4.79 Å². The summed E-state index contributed by atoms with van der Waals surface area (Å²) in [6, 6.07) is 11.0. The van der Waals surface area contributed by atoms with Gasteiger partial charge in [-0.1, -0.05) is 40.9 Å². The van der Waals surface area contributed by atoms with Gasteiger partial charge >= 0.3 is 5.97 Å². The van der Waals surface area contributed by atoms with Crippen molar-refractivity contribution in [3.05, 3.63) is 63.1 Å². The third-order valence-corrected chi connectivity index (χ3v) is 3.68. The molecule has 0 aliphatic carbocycles. The van der Waals surface area contributed by atoms with Gasteiger partial charge in [0.2, 0.25) is 0 Å². The van der Waals surface area contributed by atoms with E-state index in [-0.39, 0.29) is 10.6 Å². The number of ether oxygens (including phenoxy) is 1. The van der Waals surface area contributed by atoms with Crippen molar-refractivity contribution in [1.29, 1.82) is 0 Å². The van der Waals surface area contributed by atoms with Crippen LogP contribution in [0.4, 0.5) is 5.69 Å². The summed E-state index contributed by atoms with van der Waals surface area (Å²) in [4.78, 5) is 24.1. The fourth-order valence-corrected chi connectivity index (χ4v) is 2.42. The zero-order valence-electron chi connectivity index (χ0n) is 12.0. The molecule has 0 saturated heterocycles. The van der Waals surface area contributed by atoms with Crippen molar-refractivity contribution in [2.24, 2.45) is 0 Å². The van der Waals surface area contributed by atoms with Gasteiger partial charge < -0.3 is 10.1 Å². The van der Waals surface area contributed by atoms with Crippen LogP contribution in [0, 0.1) is 0 Å². The van der Waals surface area contributed by atoms with Crippen molar-refractivity contribution in [2.45, 2.75) is 13.0 Å². The monoisotopic (exact) mass is 371 g/mol. The number of hydrogen-bond acceptors (Lipinski definition) is 3. The molecule has 120 valence electrons. The third-order valence-electron chi connectivity index (χ3n) is 2.90. The van der Waals surface area contributed by atoms with Gasteiger partial charge in [0.05, 0.1) is 10.6 Å². The van der Waals surface area contributed by atoms with Crippen molar-refractivity contribution in [2.75, 3.05) is 5.32 Å². The minimum atomic E-state index is -1.01. The maximum absolute atomic E-state index is 12.0. The number of anilines is 1. The molecule has 0 fully saturated rings. The molecule has 1 amide bonds. The van der Waals surface area contributed by atoms with E-state index in [1.54, 1.807) is 24.3 Å². The molecule has 4 nitrogen and oxygen atoms in total. The summed E-state index contributed by atoms with van der Waals surface area (Å²) in [7, 11) is 0. The highest BCUT2D eigenvalue weighted by atomic mass is 35.5. The average Bonchev–Trinajstić information content (AvgIpc) is 2.46. The molecule has 1 atom stereocenters. The zero-order valence-corrected chi connectivity index (χ0v) is 14.2. The Hall–Kier alpha value is -1.75. The van der Waals surface area contributed by atoms with E-state index in [1.165, 1.54) is 25.1 Å². The molecule has 0 radical (unpaired) electrons. The minimum Gasteiger partial charge on any atom is -0.449 e. The first-order valence-electron chi connectivity index (χ1n) is 6.59. The SMILES string of the molecule is CC(OC(=O)c1ccc(Cl)cc1Cl)C(=O)Nc1cccc(Cl)c1. The van der Waals surface area contributed by atoms with Crippen LogP contribution >= 0.6 is 34.8 Å². The molecule has 0 heterocycles. The predicted molar refractivity (Wildman–Crippen MR) is 91.4 cm³/mol. The Labute approximate surface area is 148 Å². The molecule has 0 aliphatic rings. The number of rotatable bonds is 4. The molecular weight excluding hydrogens is 361 g/mol. The van der Waals surface area contributed by atoms with Crippen LogP contribution in [0.25, 0.3) is 0 Å². The molecule has 1 N–H and O–H groups in total. The van der Waals surface area contributed by atoms with E-state index in [0.717, 1.165) is 0 Å². The summed E-state index contributed by atoms with van der Waals surface area (Å²) in [6.45, 7) is 1.46. The van der Waals surface area contributed by atoms with Gasteiger partial charge in [0.25, 0.3) is 5.91 Å². The first kappa shape index (κ1) is 17.6. The van der Waals surface area contributed by atoms with Crippen LogP contribution in [0.5, 0.6) is 0 Å². The van der Waals surface area contributed by atoms with E-state index in [2.05, 4.69) is 5.32 Å². The first-order valence-corrected chi connectivity index (χ1v) is 7.72. The molecule has 2 rings (SSSR count). The maximum atomic E-state index is 12.0. The van der Waals surface area contributed by atoms with Crippen LogP contribution in [0.3, 0.4) is 0 Å². The van der Waals surface area contributed by atoms with E-state index in [9.17, 15) is 9.59 Å². The molecular formula is C16H12Cl3NO3. The molecule has 7 heteroatoms. The number of esters is 1. The number of carbonyl (C=O) groups is 2. The number of carbonyl (C=O) groups excluding carboxylic acids is 2. The summed E-state index contributed by atoms with van der Waals surface area (Å²) in [5.74, 6) is -1.19. The second-order valence-corrected chi connectivity index (χ2v) is 5.95. The fraction of sp³-hybridized carbons (Fsp3) is 0.125. The van der Waals surface area contributed by atoms with Gasteiger partial charge in [-0.2, -0.15) is 0 Å². The second kappa shape index (κ2) is 7.68. The Morgan fingerprint density at radius 3 is 2.39 bits per heavy atom. The molecule has 0 aliphatic heterocycles. The molecule has 0 saturated carbocycles. The molecule has 0 bridgehead atoms. The lowest BCUT2D eigenvalue weighted by atomic mass is 10.2. The van der Waals surface area contributed by atoms with E-state index < -0.39 is 18.0 Å². The van der Waals surface area contributed by atoms with Gasteiger partial charge in [0, 0.05) is 15.7 Å². The van der Waals surface area contributed by atoms with Crippen LogP contribution in [-0.2, 0) is 9.53 Å². The number of halogens is 3. The second-order valence-electron chi connectivity index (χ2n) is 4.67. The largest absolute Gasteiger partial charge is 0.449 e. The summed E-state index contributed by atoms with van der Waals surface area (Å²) >= 11 is 17.5. The molecule has 2 aromatic carbocycles. The fourth-order valence-electron chi connectivity index (χ4n) is 1.74. The first-order chi connectivity index (χ1) is 10.9. The summed E-state index contributed by atoms with van der Waals surface area (Å²) in [6.07, 6.45) is -1.01. The van der Waals surface area contributed by atoms with Crippen LogP contribution in [0.1, 0.15) is 17.3 Å². The van der Waals surface area contributed by atoms with Crippen molar-refractivity contribution >= 4 is 52.4 Å². The summed E-state index contributed by atoms with van der Waals surface area (Å²) in [5.41, 5.74) is 0.647. The van der Waals surface area contributed by atoms with E-state index in [0.29, 0.717) is 15.7 Å². The van der Waals surface area contributed by atoms with Crippen molar-refractivity contribution in [1.82, 2.24) is 0 Å². The van der Waals surface area contributed by atoms with Gasteiger partial charge in [-0.3, -0.25) is 4.79 Å². The van der Waals surface area contributed by atoms with Crippen molar-refractivity contribution in [3.63, 3.8) is 0 Å². The highest BCUT2D eigenvalue weighted by Gasteiger charge is 2.20. The van der Waals surface area contributed by atoms with Crippen LogP contribution in [0.2, 0.25) is 15.1 Å². The lowest BCUT2D eigenvalue weighted by Gasteiger charge is -2.14. The van der Waals surface area contributed by atoms with Crippen LogP contribution < -0.4 is 5.32 Å². The minimum absolute atomic E-state index is 0.137. The Morgan fingerprint density at radius 2 is 1.74 bits per heavy atom. The van der Waals surface area contributed by atoms with Gasteiger partial charge in [0.15, 0.2) is 6.10 Å². The quantitative estimate of drug-likeness (QED) is 0.782. The lowest BCUT2D eigenvalue weighted by Crippen LogP contribution is -2.30. The van der Waals surface area contributed by atoms with Gasteiger partial charge in [0.1, 0.15) is 0 Å². The zero-order chi connectivity index (χ0) is 17.0. The Morgan fingerprint density at radius 1 is 1.04 bits per heavy atom. The van der Waals surface area contributed by atoms with E-state index >= 15 is 0 Å². The molecule has 23 heavy (non-hydrogen) atoms. The molecule has 0 spiro atoms. The van der Waals surface area contributed by atoms with Crippen molar-refractivity contribution in [3.8, 4) is 0 Å². The number of nitrogens with one attached hydrogen (secondary N) is 1. The van der Waals surface area contributed by atoms with Crippen LogP contribution in [0.15, 0.2) is 42.5 Å². The number of hydrogen-bond donors (Lipinski definition) is 1. The highest BCUT2D eigenvalue weighted by molar-refractivity contribution is 6.36. The predicted octanol–water partition coefficient (Wildman–Crippen LogP) is 4.83. The number of amides is 1. The molecule has 2 aromatic rings. The lowest BCUT2D eigenvalue weighted by molar-refractivity contribution is -0.123. The smallest absolute Gasteiger partial charge is 0.340 e. The Bertz CT molecular complexity index is 749. The van der Waals surface area contributed by atoms with E-state index in [4.69, 9.17) is 39.5 Å². The van der Waals surface area contributed by atoms with E-state index in [1.807, 2.05) is 0 Å². The molecule has 1 unspecified atom stereocenters. The highest BCUT2D eigenvalue weighted by Crippen LogP contribution is 2.22. The van der Waals surface area contributed by atoms with Crippen molar-refractivity contribution < 1.29 is 14.3 Å². The van der Waals surface area contributed by atoms with Gasteiger partial charge in [-0.05, 0) is 43.3 Å². The Kier molecular flexibility index (Phi) is 5.88. The summed E-state index contributed by atoms with van der Waals surface area (Å²) < 4.78 is 5.11. The van der Waals surface area contributed by atoms with Gasteiger partial charge in [-0.15, -0.1) is 0 Å². The average molecular weight is 373 g/mol. The number of benzene rings is 2. The third kappa shape index (κ3) is 4.86. The Balaban J connectivity index is 2.01. The standard InChI is InChI=1S/C16H12Cl3NO3/c1-9(15(21)20-12-4-2-3-10(17)7-12)23-16(22)13-6-5-11(18)8-14(13)19/h2-9H,1H3,(H,20,21).